The summed E-state index contributed by atoms with van der Waals surface area (Å²) in [5.41, 5.74) is 0.816. The summed E-state index contributed by atoms with van der Waals surface area (Å²) < 4.78 is 13.3. The van der Waals surface area contributed by atoms with Crippen LogP contribution in [0.1, 0.15) is 57.1 Å². The van der Waals surface area contributed by atoms with Gasteiger partial charge in [0.05, 0.1) is 11.6 Å². The number of carbonyl (C=O) groups excluding carboxylic acids is 2. The van der Waals surface area contributed by atoms with Crippen LogP contribution >= 0.6 is 0 Å². The van der Waals surface area contributed by atoms with Gasteiger partial charge in [-0.05, 0) is 30.5 Å². The van der Waals surface area contributed by atoms with Gasteiger partial charge in [-0.1, -0.05) is 38.3 Å². The average Bonchev–Trinajstić information content (AvgIpc) is 2.87. The van der Waals surface area contributed by atoms with Crippen LogP contribution < -0.4 is 0 Å². The zero-order valence-electron chi connectivity index (χ0n) is 13.8. The van der Waals surface area contributed by atoms with Crippen molar-refractivity contribution in [3.05, 3.63) is 47.0 Å². The lowest BCUT2D eigenvalue weighted by Crippen LogP contribution is -2.41. The van der Waals surface area contributed by atoms with E-state index in [4.69, 9.17) is 0 Å². The fraction of sp³-hybridized carbons (Fsp3) is 0.474. The van der Waals surface area contributed by atoms with Gasteiger partial charge in [-0.2, -0.15) is 0 Å². The maximum atomic E-state index is 13.3. The fourth-order valence-electron chi connectivity index (χ4n) is 3.81. The zero-order valence-corrected chi connectivity index (χ0v) is 13.8. The quantitative estimate of drug-likeness (QED) is 0.912. The molecule has 1 amide bonds. The normalized spacial score (nSPS) is 22.3. The summed E-state index contributed by atoms with van der Waals surface area (Å²) in [6.07, 6.45) is 5.14. The van der Waals surface area contributed by atoms with Crippen molar-refractivity contribution in [1.29, 1.82) is 0 Å². The molecule has 24 heavy (non-hydrogen) atoms. The molecule has 0 saturated heterocycles. The first-order valence-corrected chi connectivity index (χ1v) is 8.59. The highest BCUT2D eigenvalue weighted by atomic mass is 19.1. The Hall–Kier alpha value is -2.17. The fourth-order valence-corrected chi connectivity index (χ4v) is 3.81. The van der Waals surface area contributed by atoms with E-state index in [1.54, 1.807) is 24.0 Å². The number of amides is 1. The summed E-state index contributed by atoms with van der Waals surface area (Å²) in [5.74, 6) is -1.54. The Kier molecular flexibility index (Phi) is 4.69. The largest absolute Gasteiger partial charge is 0.503 e. The van der Waals surface area contributed by atoms with Crippen LogP contribution in [-0.4, -0.2) is 27.7 Å². The van der Waals surface area contributed by atoms with Crippen LogP contribution in [0.25, 0.3) is 0 Å². The molecule has 1 atom stereocenters. The number of carbonyl (C=O) groups is 2. The minimum Gasteiger partial charge on any atom is -0.503 e. The number of rotatable bonds is 4. The molecule has 0 spiro atoms. The number of halogens is 1. The molecule has 2 aliphatic rings. The van der Waals surface area contributed by atoms with Gasteiger partial charge in [0, 0.05) is 12.5 Å². The van der Waals surface area contributed by atoms with Crippen LogP contribution in [0.2, 0.25) is 0 Å². The van der Waals surface area contributed by atoms with Crippen molar-refractivity contribution in [2.24, 2.45) is 0 Å². The van der Waals surface area contributed by atoms with Crippen LogP contribution in [-0.2, 0) is 9.59 Å². The van der Waals surface area contributed by atoms with Gasteiger partial charge in [-0.25, -0.2) is 4.39 Å². The first kappa shape index (κ1) is 16.7. The Labute approximate surface area is 141 Å². The highest BCUT2D eigenvalue weighted by molar-refractivity contribution is 6.08. The summed E-state index contributed by atoms with van der Waals surface area (Å²) in [5, 5.41) is 10.3. The molecule has 1 saturated carbocycles. The van der Waals surface area contributed by atoms with Gasteiger partial charge in [-0.15, -0.1) is 0 Å². The molecule has 128 valence electrons. The molecule has 1 unspecified atom stereocenters. The first-order chi connectivity index (χ1) is 11.5. The summed E-state index contributed by atoms with van der Waals surface area (Å²) in [6.45, 7) is 1.71. The van der Waals surface area contributed by atoms with Crippen molar-refractivity contribution in [2.75, 3.05) is 0 Å². The van der Waals surface area contributed by atoms with Gasteiger partial charge in [0.1, 0.15) is 5.82 Å². The Morgan fingerprint density at radius 3 is 2.42 bits per heavy atom. The van der Waals surface area contributed by atoms with E-state index in [-0.39, 0.29) is 29.6 Å². The molecule has 4 nitrogen and oxygen atoms in total. The van der Waals surface area contributed by atoms with E-state index in [0.717, 1.165) is 32.1 Å². The minimum absolute atomic E-state index is 0.00519. The predicted molar refractivity (Wildman–Crippen MR) is 87.8 cm³/mol. The van der Waals surface area contributed by atoms with E-state index < -0.39 is 17.7 Å². The third-order valence-corrected chi connectivity index (χ3v) is 5.02. The van der Waals surface area contributed by atoms with Crippen molar-refractivity contribution < 1.29 is 19.1 Å². The maximum absolute atomic E-state index is 13.3. The molecular formula is C19H22FNO3. The SMILES string of the molecule is CCC(=O)C1=C(O)C(=O)N(C2CCCCC2)C1c1ccc(F)cc1. The first-order valence-electron chi connectivity index (χ1n) is 8.59. The summed E-state index contributed by atoms with van der Waals surface area (Å²) in [7, 11) is 0. The smallest absolute Gasteiger partial charge is 0.290 e. The maximum Gasteiger partial charge on any atom is 0.290 e. The molecule has 1 fully saturated rings. The number of Topliss-reactive ketones (excluding diaryl/α,β-unsaturated/α-hetero) is 1. The number of ketones is 1. The number of hydrogen-bond acceptors (Lipinski definition) is 3. The highest BCUT2D eigenvalue weighted by Crippen LogP contribution is 2.42. The molecular weight excluding hydrogens is 309 g/mol. The van der Waals surface area contributed by atoms with Crippen LogP contribution in [0.3, 0.4) is 0 Å². The summed E-state index contributed by atoms with van der Waals surface area (Å²) >= 11 is 0. The van der Waals surface area contributed by atoms with Gasteiger partial charge >= 0.3 is 0 Å². The van der Waals surface area contributed by atoms with Crippen LogP contribution in [0.15, 0.2) is 35.6 Å². The second-order valence-electron chi connectivity index (χ2n) is 6.50. The lowest BCUT2D eigenvalue weighted by molar-refractivity contribution is -0.132. The van der Waals surface area contributed by atoms with E-state index in [1.165, 1.54) is 12.1 Å². The lowest BCUT2D eigenvalue weighted by atomic mass is 9.90. The molecule has 5 heteroatoms. The lowest BCUT2D eigenvalue weighted by Gasteiger charge is -2.36. The van der Waals surface area contributed by atoms with Crippen molar-refractivity contribution in [1.82, 2.24) is 4.90 Å². The predicted octanol–water partition coefficient (Wildman–Crippen LogP) is 3.83. The zero-order chi connectivity index (χ0) is 17.3. The van der Waals surface area contributed by atoms with Crippen molar-refractivity contribution in [3.63, 3.8) is 0 Å². The van der Waals surface area contributed by atoms with Crippen molar-refractivity contribution in [2.45, 2.75) is 57.5 Å². The molecule has 1 aromatic carbocycles. The van der Waals surface area contributed by atoms with E-state index in [1.807, 2.05) is 0 Å². The average molecular weight is 331 g/mol. The Bertz CT molecular complexity index is 674. The van der Waals surface area contributed by atoms with Gasteiger partial charge in [0.15, 0.2) is 11.5 Å². The molecule has 0 bridgehead atoms. The number of aliphatic hydroxyl groups is 1. The number of aliphatic hydroxyl groups excluding tert-OH is 1. The molecule has 1 N–H and O–H groups in total. The van der Waals surface area contributed by atoms with Gasteiger partial charge in [0.2, 0.25) is 0 Å². The second-order valence-corrected chi connectivity index (χ2v) is 6.50. The van der Waals surface area contributed by atoms with Gasteiger partial charge < -0.3 is 10.0 Å². The van der Waals surface area contributed by atoms with Crippen molar-refractivity contribution in [3.8, 4) is 0 Å². The van der Waals surface area contributed by atoms with E-state index in [0.29, 0.717) is 5.56 Å². The topological polar surface area (TPSA) is 57.6 Å². The number of benzene rings is 1. The molecule has 1 heterocycles. The standard InChI is InChI=1S/C19H22FNO3/c1-2-15(22)16-17(12-8-10-13(20)11-9-12)21(19(24)18(16)23)14-6-4-3-5-7-14/h8-11,14,17,23H,2-7H2,1H3. The van der Waals surface area contributed by atoms with E-state index in [9.17, 15) is 19.1 Å². The molecule has 1 aliphatic carbocycles. The number of hydrogen-bond donors (Lipinski definition) is 1. The van der Waals surface area contributed by atoms with E-state index >= 15 is 0 Å². The summed E-state index contributed by atoms with van der Waals surface area (Å²) in [4.78, 5) is 26.7. The number of nitrogens with zero attached hydrogens (tertiary/aromatic N) is 1. The molecule has 1 aromatic rings. The summed E-state index contributed by atoms with van der Waals surface area (Å²) in [6, 6.07) is 5.21. The third kappa shape index (κ3) is 2.83. The molecule has 0 aromatic heterocycles. The highest BCUT2D eigenvalue weighted by Gasteiger charge is 2.45. The van der Waals surface area contributed by atoms with Crippen molar-refractivity contribution >= 4 is 11.7 Å². The second kappa shape index (κ2) is 6.75. The minimum atomic E-state index is -0.617. The van der Waals surface area contributed by atoms with E-state index in [2.05, 4.69) is 0 Å². The Morgan fingerprint density at radius 2 is 1.83 bits per heavy atom. The van der Waals surface area contributed by atoms with Gasteiger partial charge in [-0.3, -0.25) is 9.59 Å². The molecule has 1 aliphatic heterocycles. The molecule has 3 rings (SSSR count). The van der Waals surface area contributed by atoms with Crippen LogP contribution in [0.5, 0.6) is 0 Å². The molecule has 0 radical (unpaired) electrons. The van der Waals surface area contributed by atoms with Crippen LogP contribution in [0.4, 0.5) is 4.39 Å². The monoisotopic (exact) mass is 331 g/mol. The third-order valence-electron chi connectivity index (χ3n) is 5.02. The van der Waals surface area contributed by atoms with Gasteiger partial charge in [0.25, 0.3) is 5.91 Å². The van der Waals surface area contributed by atoms with Crippen LogP contribution in [0, 0.1) is 5.82 Å². The Balaban J connectivity index is 2.05. The Morgan fingerprint density at radius 1 is 1.21 bits per heavy atom.